The van der Waals surface area contributed by atoms with Crippen molar-refractivity contribution in [2.24, 2.45) is 10.7 Å². The highest BCUT2D eigenvalue weighted by Crippen LogP contribution is 2.48. The van der Waals surface area contributed by atoms with Crippen molar-refractivity contribution in [1.29, 1.82) is 0 Å². The van der Waals surface area contributed by atoms with Crippen molar-refractivity contribution in [3.63, 3.8) is 0 Å². The number of nitrogens with two attached hydrogens (primary N) is 1. The highest BCUT2D eigenvalue weighted by Gasteiger charge is 2.44. The lowest BCUT2D eigenvalue weighted by molar-refractivity contribution is 0.485. The third-order valence-corrected chi connectivity index (χ3v) is 4.56. The van der Waals surface area contributed by atoms with E-state index >= 15 is 0 Å². The van der Waals surface area contributed by atoms with Gasteiger partial charge >= 0.3 is 0 Å². The van der Waals surface area contributed by atoms with Gasteiger partial charge in [-0.05, 0) is 43.4 Å². The average Bonchev–Trinajstić information content (AvgIpc) is 3.28. The van der Waals surface area contributed by atoms with Crippen molar-refractivity contribution in [3.05, 3.63) is 34.9 Å². The summed E-state index contributed by atoms with van der Waals surface area (Å²) in [5.74, 6) is 0.683. The van der Waals surface area contributed by atoms with Gasteiger partial charge in [0.2, 0.25) is 0 Å². The van der Waals surface area contributed by atoms with E-state index in [1.165, 1.54) is 31.2 Å². The zero-order valence-corrected chi connectivity index (χ0v) is 14.8. The Morgan fingerprint density at radius 3 is 2.45 bits per heavy atom. The fraction of sp³-hybridized carbons (Fsp3) is 0.533. The zero-order chi connectivity index (χ0) is 13.5. The van der Waals surface area contributed by atoms with Crippen LogP contribution in [-0.4, -0.2) is 30.5 Å². The Bertz CT molecular complexity index is 492. The molecule has 0 aliphatic heterocycles. The first-order chi connectivity index (χ1) is 9.11. The maximum absolute atomic E-state index is 6.05. The number of nitrogens with zero attached hydrogens (tertiary/aromatic N) is 2. The fourth-order valence-electron chi connectivity index (χ4n) is 2.49. The van der Waals surface area contributed by atoms with Gasteiger partial charge in [-0.15, -0.1) is 24.0 Å². The Kier molecular flexibility index (Phi) is 4.84. The highest BCUT2D eigenvalue weighted by molar-refractivity contribution is 14.0. The first kappa shape index (κ1) is 15.9. The molecule has 2 saturated carbocycles. The molecule has 2 aliphatic carbocycles. The normalized spacial score (nSPS) is 20.2. The van der Waals surface area contributed by atoms with Gasteiger partial charge < -0.3 is 10.6 Å². The summed E-state index contributed by atoms with van der Waals surface area (Å²) < 4.78 is 0. The average molecular weight is 406 g/mol. The smallest absolute Gasteiger partial charge is 0.191 e. The van der Waals surface area contributed by atoms with Crippen molar-refractivity contribution in [3.8, 4) is 0 Å². The summed E-state index contributed by atoms with van der Waals surface area (Å²) in [7, 11) is 2.04. The van der Waals surface area contributed by atoms with E-state index in [1.807, 2.05) is 19.2 Å². The number of guanidine groups is 1. The van der Waals surface area contributed by atoms with Gasteiger partial charge in [-0.2, -0.15) is 0 Å². The standard InChI is InChI=1S/C15H20ClN3.HI/c1-19(13-6-7-13)14(17)18-10-15(8-9-15)11-2-4-12(16)5-3-11;/h2-5,13H,6-10H2,1H3,(H2,17,18);1H. The topological polar surface area (TPSA) is 41.6 Å². The second kappa shape index (κ2) is 6.10. The summed E-state index contributed by atoms with van der Waals surface area (Å²) in [6.07, 6.45) is 4.88. The lowest BCUT2D eigenvalue weighted by atomic mass is 9.96. The van der Waals surface area contributed by atoms with Gasteiger partial charge in [0.1, 0.15) is 0 Å². The number of hydrogen-bond acceptors (Lipinski definition) is 1. The van der Waals surface area contributed by atoms with Crippen LogP contribution in [0.2, 0.25) is 5.02 Å². The second-order valence-corrected chi connectivity index (χ2v) is 6.24. The molecule has 1 aromatic rings. The van der Waals surface area contributed by atoms with E-state index < -0.39 is 0 Å². The molecule has 3 nitrogen and oxygen atoms in total. The molecular formula is C15H21ClIN3. The SMILES string of the molecule is CN(C(N)=NCC1(c2ccc(Cl)cc2)CC1)C1CC1.I. The minimum absolute atomic E-state index is 0. The zero-order valence-electron chi connectivity index (χ0n) is 11.7. The Balaban J connectivity index is 0.00000147. The van der Waals surface area contributed by atoms with Crippen molar-refractivity contribution in [2.45, 2.75) is 37.1 Å². The van der Waals surface area contributed by atoms with Crippen LogP contribution in [0.15, 0.2) is 29.3 Å². The monoisotopic (exact) mass is 405 g/mol. The highest BCUT2D eigenvalue weighted by atomic mass is 127. The number of aliphatic imine (C=N–C) groups is 1. The molecular weight excluding hydrogens is 385 g/mol. The van der Waals surface area contributed by atoms with Crippen molar-refractivity contribution in [1.82, 2.24) is 4.90 Å². The van der Waals surface area contributed by atoms with E-state index in [2.05, 4.69) is 22.0 Å². The molecule has 0 atom stereocenters. The van der Waals surface area contributed by atoms with Gasteiger partial charge in [0.05, 0.1) is 6.54 Å². The van der Waals surface area contributed by atoms with E-state index in [-0.39, 0.29) is 29.4 Å². The molecule has 3 rings (SSSR count). The first-order valence-electron chi connectivity index (χ1n) is 6.90. The minimum Gasteiger partial charge on any atom is -0.370 e. The van der Waals surface area contributed by atoms with Gasteiger partial charge in [0, 0.05) is 23.5 Å². The van der Waals surface area contributed by atoms with Gasteiger partial charge in [-0.3, -0.25) is 4.99 Å². The lowest BCUT2D eigenvalue weighted by Crippen LogP contribution is -2.36. The Morgan fingerprint density at radius 1 is 1.35 bits per heavy atom. The quantitative estimate of drug-likeness (QED) is 0.474. The van der Waals surface area contributed by atoms with Gasteiger partial charge in [-0.1, -0.05) is 23.7 Å². The van der Waals surface area contributed by atoms with Crippen LogP contribution in [0.4, 0.5) is 0 Å². The number of rotatable bonds is 4. The summed E-state index contributed by atoms with van der Waals surface area (Å²) in [5, 5.41) is 0.788. The van der Waals surface area contributed by atoms with E-state index in [0.717, 1.165) is 11.6 Å². The van der Waals surface area contributed by atoms with E-state index in [1.54, 1.807) is 0 Å². The molecule has 110 valence electrons. The van der Waals surface area contributed by atoms with E-state index in [0.29, 0.717) is 12.0 Å². The predicted octanol–water partition coefficient (Wildman–Crippen LogP) is 3.40. The molecule has 2 N–H and O–H groups in total. The molecule has 0 amide bonds. The largest absolute Gasteiger partial charge is 0.370 e. The molecule has 20 heavy (non-hydrogen) atoms. The van der Waals surface area contributed by atoms with Gasteiger partial charge in [-0.25, -0.2) is 0 Å². The van der Waals surface area contributed by atoms with Crippen LogP contribution in [0.25, 0.3) is 0 Å². The Labute approximate surface area is 142 Å². The maximum Gasteiger partial charge on any atom is 0.191 e. The minimum atomic E-state index is 0. The van der Waals surface area contributed by atoms with Crippen LogP contribution in [0.3, 0.4) is 0 Å². The second-order valence-electron chi connectivity index (χ2n) is 5.80. The molecule has 2 fully saturated rings. The molecule has 0 unspecified atom stereocenters. The Morgan fingerprint density at radius 2 is 1.95 bits per heavy atom. The molecule has 0 bridgehead atoms. The lowest BCUT2D eigenvalue weighted by Gasteiger charge is -2.19. The van der Waals surface area contributed by atoms with Crippen LogP contribution < -0.4 is 5.73 Å². The number of halogens is 2. The summed E-state index contributed by atoms with van der Waals surface area (Å²) in [5.41, 5.74) is 7.59. The third-order valence-electron chi connectivity index (χ3n) is 4.31. The fourth-order valence-corrected chi connectivity index (χ4v) is 2.61. The summed E-state index contributed by atoms with van der Waals surface area (Å²) in [6, 6.07) is 8.77. The maximum atomic E-state index is 6.05. The van der Waals surface area contributed by atoms with Crippen molar-refractivity contribution < 1.29 is 0 Å². The van der Waals surface area contributed by atoms with Crippen LogP contribution in [-0.2, 0) is 5.41 Å². The van der Waals surface area contributed by atoms with Crippen LogP contribution in [0, 0.1) is 0 Å². The number of benzene rings is 1. The number of hydrogen-bond donors (Lipinski definition) is 1. The molecule has 0 saturated heterocycles. The van der Waals surface area contributed by atoms with Crippen LogP contribution >= 0.6 is 35.6 Å². The third kappa shape index (κ3) is 3.39. The molecule has 0 aromatic heterocycles. The van der Waals surface area contributed by atoms with Crippen molar-refractivity contribution in [2.75, 3.05) is 13.6 Å². The summed E-state index contributed by atoms with van der Waals surface area (Å²) in [6.45, 7) is 0.789. The van der Waals surface area contributed by atoms with E-state index in [9.17, 15) is 0 Å². The molecule has 0 heterocycles. The summed E-state index contributed by atoms with van der Waals surface area (Å²) >= 11 is 5.94. The first-order valence-corrected chi connectivity index (χ1v) is 7.27. The molecule has 5 heteroatoms. The Hall–Kier alpha value is -0.490. The molecule has 1 aromatic carbocycles. The van der Waals surface area contributed by atoms with Gasteiger partial charge in [0.25, 0.3) is 0 Å². The summed E-state index contributed by atoms with van der Waals surface area (Å²) in [4.78, 5) is 6.71. The van der Waals surface area contributed by atoms with Crippen molar-refractivity contribution >= 4 is 41.5 Å². The van der Waals surface area contributed by atoms with Crippen LogP contribution in [0.1, 0.15) is 31.2 Å². The predicted molar refractivity (Wildman–Crippen MR) is 95.1 cm³/mol. The molecule has 0 radical (unpaired) electrons. The molecule has 2 aliphatic rings. The molecule has 0 spiro atoms. The van der Waals surface area contributed by atoms with Gasteiger partial charge in [0.15, 0.2) is 5.96 Å². The van der Waals surface area contributed by atoms with Crippen LogP contribution in [0.5, 0.6) is 0 Å². The van der Waals surface area contributed by atoms with E-state index in [4.69, 9.17) is 17.3 Å².